The van der Waals surface area contributed by atoms with Crippen molar-refractivity contribution in [2.45, 2.75) is 32.9 Å². The summed E-state index contributed by atoms with van der Waals surface area (Å²) in [6, 6.07) is 7.87. The van der Waals surface area contributed by atoms with E-state index in [1.54, 1.807) is 6.33 Å². The molecule has 90 valence electrons. The van der Waals surface area contributed by atoms with Gasteiger partial charge >= 0.3 is 5.97 Å². The van der Waals surface area contributed by atoms with E-state index in [2.05, 4.69) is 4.98 Å². The Balaban J connectivity index is 2.02. The number of ether oxygens (including phenoxy) is 1. The molecule has 0 unspecified atom stereocenters. The number of carbonyl (C=O) groups is 1. The Morgan fingerprint density at radius 3 is 2.94 bits per heavy atom. The van der Waals surface area contributed by atoms with Gasteiger partial charge in [0.25, 0.3) is 0 Å². The van der Waals surface area contributed by atoms with Gasteiger partial charge in [0.15, 0.2) is 0 Å². The molecule has 1 aromatic heterocycles. The second-order valence-corrected chi connectivity index (χ2v) is 4.22. The van der Waals surface area contributed by atoms with Gasteiger partial charge in [-0.25, -0.2) is 4.98 Å². The molecule has 4 nitrogen and oxygen atoms in total. The van der Waals surface area contributed by atoms with Crippen LogP contribution in [-0.4, -0.2) is 21.6 Å². The molecular formula is C13H16N2O2. The quantitative estimate of drug-likeness (QED) is 0.760. The molecule has 0 amide bonds. The van der Waals surface area contributed by atoms with Gasteiger partial charge in [0.1, 0.15) is 0 Å². The second-order valence-electron chi connectivity index (χ2n) is 4.22. The van der Waals surface area contributed by atoms with Gasteiger partial charge < -0.3 is 9.30 Å². The number of aryl methyl sites for hydroxylation is 1. The van der Waals surface area contributed by atoms with Crippen molar-refractivity contribution in [1.29, 1.82) is 0 Å². The van der Waals surface area contributed by atoms with Crippen molar-refractivity contribution in [3.05, 3.63) is 30.6 Å². The van der Waals surface area contributed by atoms with Crippen molar-refractivity contribution in [2.24, 2.45) is 0 Å². The van der Waals surface area contributed by atoms with E-state index in [1.165, 1.54) is 0 Å². The van der Waals surface area contributed by atoms with Crippen LogP contribution < -0.4 is 0 Å². The summed E-state index contributed by atoms with van der Waals surface area (Å²) in [5.41, 5.74) is 1.99. The third-order valence-electron chi connectivity index (χ3n) is 2.45. The fourth-order valence-electron chi connectivity index (χ4n) is 1.72. The minimum atomic E-state index is -0.169. The minimum Gasteiger partial charge on any atom is -0.463 e. The highest BCUT2D eigenvalue weighted by Crippen LogP contribution is 2.12. The summed E-state index contributed by atoms with van der Waals surface area (Å²) in [4.78, 5) is 15.7. The molecule has 0 fully saturated rings. The molecule has 17 heavy (non-hydrogen) atoms. The molecule has 0 aliphatic heterocycles. The van der Waals surface area contributed by atoms with Gasteiger partial charge in [-0.1, -0.05) is 12.1 Å². The fraction of sp³-hybridized carbons (Fsp3) is 0.385. The Hall–Kier alpha value is -1.84. The van der Waals surface area contributed by atoms with Gasteiger partial charge in [-0.2, -0.15) is 0 Å². The first kappa shape index (κ1) is 11.6. The van der Waals surface area contributed by atoms with Crippen LogP contribution in [0.5, 0.6) is 0 Å². The van der Waals surface area contributed by atoms with E-state index < -0.39 is 0 Å². The molecule has 2 rings (SSSR count). The molecular weight excluding hydrogens is 216 g/mol. The average Bonchev–Trinajstić information content (AvgIpc) is 2.69. The van der Waals surface area contributed by atoms with Crippen molar-refractivity contribution >= 4 is 17.0 Å². The highest BCUT2D eigenvalue weighted by atomic mass is 16.5. The highest BCUT2D eigenvalue weighted by Gasteiger charge is 2.07. The lowest BCUT2D eigenvalue weighted by Crippen LogP contribution is -2.13. The molecule has 4 heteroatoms. The Labute approximate surface area is 100 Å². The number of imidazole rings is 1. The third kappa shape index (κ3) is 2.84. The number of para-hydroxylation sites is 2. The van der Waals surface area contributed by atoms with Gasteiger partial charge in [0, 0.05) is 6.54 Å². The minimum absolute atomic E-state index is 0.0537. The van der Waals surface area contributed by atoms with Gasteiger partial charge in [0.05, 0.1) is 29.9 Å². The second kappa shape index (κ2) is 4.99. The number of fused-ring (bicyclic) bond motifs is 1. The highest BCUT2D eigenvalue weighted by molar-refractivity contribution is 5.75. The zero-order valence-corrected chi connectivity index (χ0v) is 10.1. The van der Waals surface area contributed by atoms with Gasteiger partial charge in [0.2, 0.25) is 0 Å². The summed E-state index contributed by atoms with van der Waals surface area (Å²) in [7, 11) is 0. The van der Waals surface area contributed by atoms with Crippen LogP contribution in [0.4, 0.5) is 0 Å². The zero-order chi connectivity index (χ0) is 12.3. The third-order valence-corrected chi connectivity index (χ3v) is 2.45. The molecule has 1 aromatic carbocycles. The molecule has 0 bridgehead atoms. The standard InChI is InChI=1S/C13H16N2O2/c1-10(2)17-13(16)7-8-15-9-14-11-5-3-4-6-12(11)15/h3-6,9-10H,7-8H2,1-2H3. The number of esters is 1. The largest absolute Gasteiger partial charge is 0.463 e. The van der Waals surface area contributed by atoms with Crippen LogP contribution in [0.3, 0.4) is 0 Å². The fourth-order valence-corrected chi connectivity index (χ4v) is 1.72. The number of aromatic nitrogens is 2. The lowest BCUT2D eigenvalue weighted by atomic mass is 10.3. The summed E-state index contributed by atoms with van der Waals surface area (Å²) in [6.07, 6.45) is 2.08. The summed E-state index contributed by atoms with van der Waals surface area (Å²) in [5.74, 6) is -0.169. The first-order valence-electron chi connectivity index (χ1n) is 5.76. The Kier molecular flexibility index (Phi) is 3.42. The smallest absolute Gasteiger partial charge is 0.307 e. The van der Waals surface area contributed by atoms with Crippen molar-refractivity contribution in [1.82, 2.24) is 9.55 Å². The van der Waals surface area contributed by atoms with Gasteiger partial charge in [-0.15, -0.1) is 0 Å². The molecule has 0 aliphatic rings. The summed E-state index contributed by atoms with van der Waals surface area (Å²) in [5, 5.41) is 0. The molecule has 0 atom stereocenters. The summed E-state index contributed by atoms with van der Waals surface area (Å²) in [6.45, 7) is 4.31. The van der Waals surface area contributed by atoms with Crippen LogP contribution in [0.15, 0.2) is 30.6 Å². The molecule has 0 aliphatic carbocycles. The van der Waals surface area contributed by atoms with Gasteiger partial charge in [-0.3, -0.25) is 4.79 Å². The van der Waals surface area contributed by atoms with Crippen LogP contribution >= 0.6 is 0 Å². The first-order valence-corrected chi connectivity index (χ1v) is 5.76. The Bertz CT molecular complexity index is 517. The Morgan fingerprint density at radius 1 is 1.41 bits per heavy atom. The molecule has 0 radical (unpaired) electrons. The van der Waals surface area contributed by atoms with Crippen molar-refractivity contribution < 1.29 is 9.53 Å². The molecule has 0 N–H and O–H groups in total. The maximum Gasteiger partial charge on any atom is 0.307 e. The van der Waals surface area contributed by atoms with Crippen molar-refractivity contribution in [2.75, 3.05) is 0 Å². The van der Waals surface area contributed by atoms with Crippen molar-refractivity contribution in [3.8, 4) is 0 Å². The zero-order valence-electron chi connectivity index (χ0n) is 10.1. The number of benzene rings is 1. The topological polar surface area (TPSA) is 44.1 Å². The molecule has 1 heterocycles. The van der Waals surface area contributed by atoms with E-state index in [9.17, 15) is 4.79 Å². The molecule has 2 aromatic rings. The van der Waals surface area contributed by atoms with E-state index in [0.29, 0.717) is 13.0 Å². The number of hydrogen-bond donors (Lipinski definition) is 0. The van der Waals surface area contributed by atoms with Crippen LogP contribution in [0.25, 0.3) is 11.0 Å². The molecule has 0 saturated carbocycles. The van der Waals surface area contributed by atoms with E-state index in [0.717, 1.165) is 11.0 Å². The summed E-state index contributed by atoms with van der Waals surface area (Å²) < 4.78 is 7.06. The monoisotopic (exact) mass is 232 g/mol. The normalized spacial score (nSPS) is 11.0. The predicted molar refractivity (Wildman–Crippen MR) is 65.6 cm³/mol. The van der Waals surface area contributed by atoms with E-state index in [1.807, 2.05) is 42.7 Å². The van der Waals surface area contributed by atoms with E-state index >= 15 is 0 Å². The number of nitrogens with zero attached hydrogens (tertiary/aromatic N) is 2. The first-order chi connectivity index (χ1) is 8.16. The van der Waals surface area contributed by atoms with Crippen LogP contribution in [0.2, 0.25) is 0 Å². The number of rotatable bonds is 4. The van der Waals surface area contributed by atoms with Crippen LogP contribution in [0, 0.1) is 0 Å². The van der Waals surface area contributed by atoms with E-state index in [4.69, 9.17) is 4.74 Å². The summed E-state index contributed by atoms with van der Waals surface area (Å²) >= 11 is 0. The molecule has 0 saturated heterocycles. The molecule has 0 spiro atoms. The SMILES string of the molecule is CC(C)OC(=O)CCn1cnc2ccccc21. The number of carbonyl (C=O) groups excluding carboxylic acids is 1. The lowest BCUT2D eigenvalue weighted by molar-refractivity contribution is -0.147. The lowest BCUT2D eigenvalue weighted by Gasteiger charge is -2.08. The number of hydrogen-bond acceptors (Lipinski definition) is 3. The maximum atomic E-state index is 11.4. The average molecular weight is 232 g/mol. The maximum absolute atomic E-state index is 11.4. The van der Waals surface area contributed by atoms with Crippen molar-refractivity contribution in [3.63, 3.8) is 0 Å². The predicted octanol–water partition coefficient (Wildman–Crippen LogP) is 2.38. The van der Waals surface area contributed by atoms with Crippen LogP contribution in [-0.2, 0) is 16.1 Å². The Morgan fingerprint density at radius 2 is 2.18 bits per heavy atom. The van der Waals surface area contributed by atoms with E-state index in [-0.39, 0.29) is 12.1 Å². The van der Waals surface area contributed by atoms with Gasteiger partial charge in [-0.05, 0) is 26.0 Å². The van der Waals surface area contributed by atoms with Crippen LogP contribution in [0.1, 0.15) is 20.3 Å².